The lowest BCUT2D eigenvalue weighted by atomic mass is 9.70. The van der Waals surface area contributed by atoms with Crippen LogP contribution in [0.25, 0.3) is 0 Å². The first-order chi connectivity index (χ1) is 11.7. The molecule has 0 heterocycles. The highest BCUT2D eigenvalue weighted by molar-refractivity contribution is 5.38. The normalized spacial score (nSPS) is 18.0. The lowest BCUT2D eigenvalue weighted by molar-refractivity contribution is -0.0354. The van der Waals surface area contributed by atoms with Gasteiger partial charge in [-0.25, -0.2) is 0 Å². The van der Waals surface area contributed by atoms with Gasteiger partial charge in [-0.05, 0) is 23.5 Å². The predicted molar refractivity (Wildman–Crippen MR) is 99.8 cm³/mol. The van der Waals surface area contributed by atoms with Crippen LogP contribution >= 0.6 is 0 Å². The van der Waals surface area contributed by atoms with Gasteiger partial charge in [0.25, 0.3) is 0 Å². The second-order valence-electron chi connectivity index (χ2n) is 7.16. The van der Waals surface area contributed by atoms with Gasteiger partial charge in [0.1, 0.15) is 5.60 Å². The van der Waals surface area contributed by atoms with Crippen LogP contribution in [0.3, 0.4) is 0 Å². The third kappa shape index (κ3) is 3.13. The zero-order valence-electron chi connectivity index (χ0n) is 14.8. The molecule has 2 aromatic rings. The van der Waals surface area contributed by atoms with Crippen molar-refractivity contribution < 1.29 is 4.74 Å². The molecule has 2 atom stereocenters. The number of hydrogen-bond donors (Lipinski definition) is 1. The van der Waals surface area contributed by atoms with E-state index < -0.39 is 5.60 Å². The molecule has 128 valence electrons. The Morgan fingerprint density at radius 3 is 1.88 bits per heavy atom. The van der Waals surface area contributed by atoms with Crippen LogP contribution in [0.5, 0.6) is 0 Å². The largest absolute Gasteiger partial charge is 0.368 e. The van der Waals surface area contributed by atoms with E-state index in [-0.39, 0.29) is 12.0 Å². The Morgan fingerprint density at radius 2 is 1.50 bits per heavy atom. The van der Waals surface area contributed by atoms with Crippen LogP contribution in [-0.2, 0) is 10.3 Å². The third-order valence-corrected chi connectivity index (χ3v) is 5.84. The number of nitrogens with two attached hydrogens (primary N) is 1. The van der Waals surface area contributed by atoms with E-state index in [0.29, 0.717) is 0 Å². The number of ether oxygens (including phenoxy) is 1. The summed E-state index contributed by atoms with van der Waals surface area (Å²) in [5, 5.41) is 0. The standard InChI is InChI=1S/C22H29NO/c1-17(21(23)16-18-10-9-11-18)22(24-2,19-12-5-3-6-13-19)20-14-7-4-8-15-20/h3-8,12-15,17-18,21H,9-11,16,23H2,1-2H3. The van der Waals surface area contributed by atoms with E-state index in [0.717, 1.165) is 12.3 Å². The molecule has 0 aromatic heterocycles. The van der Waals surface area contributed by atoms with Crippen LogP contribution in [0.1, 0.15) is 43.7 Å². The van der Waals surface area contributed by atoms with E-state index in [4.69, 9.17) is 10.5 Å². The lowest BCUT2D eigenvalue weighted by Crippen LogP contribution is -2.47. The highest BCUT2D eigenvalue weighted by Crippen LogP contribution is 2.43. The van der Waals surface area contributed by atoms with E-state index >= 15 is 0 Å². The van der Waals surface area contributed by atoms with Gasteiger partial charge in [0, 0.05) is 19.1 Å². The van der Waals surface area contributed by atoms with Gasteiger partial charge < -0.3 is 10.5 Å². The molecule has 0 radical (unpaired) electrons. The van der Waals surface area contributed by atoms with Gasteiger partial charge in [0.2, 0.25) is 0 Å². The fraction of sp³-hybridized carbons (Fsp3) is 0.455. The number of hydrogen-bond acceptors (Lipinski definition) is 2. The van der Waals surface area contributed by atoms with Crippen LogP contribution < -0.4 is 5.73 Å². The Morgan fingerprint density at radius 1 is 1.00 bits per heavy atom. The lowest BCUT2D eigenvalue weighted by Gasteiger charge is -2.43. The van der Waals surface area contributed by atoms with Gasteiger partial charge in [-0.15, -0.1) is 0 Å². The number of rotatable bonds is 7. The highest BCUT2D eigenvalue weighted by Gasteiger charge is 2.43. The predicted octanol–water partition coefficient (Wildman–Crippen LogP) is 4.73. The molecule has 2 aromatic carbocycles. The maximum Gasteiger partial charge on any atom is 0.122 e. The Kier molecular flexibility index (Phi) is 5.37. The smallest absolute Gasteiger partial charge is 0.122 e. The van der Waals surface area contributed by atoms with Crippen molar-refractivity contribution in [1.29, 1.82) is 0 Å². The molecular weight excluding hydrogens is 294 g/mol. The summed E-state index contributed by atoms with van der Waals surface area (Å²) in [6.07, 6.45) is 5.11. The van der Waals surface area contributed by atoms with Gasteiger partial charge in [-0.3, -0.25) is 0 Å². The van der Waals surface area contributed by atoms with Crippen molar-refractivity contribution in [3.8, 4) is 0 Å². The summed E-state index contributed by atoms with van der Waals surface area (Å²) in [5.41, 5.74) is 8.53. The number of methoxy groups -OCH3 is 1. The van der Waals surface area contributed by atoms with Crippen LogP contribution in [0.15, 0.2) is 60.7 Å². The first-order valence-electron chi connectivity index (χ1n) is 9.10. The molecule has 2 N–H and O–H groups in total. The van der Waals surface area contributed by atoms with E-state index in [1.807, 2.05) is 19.2 Å². The maximum absolute atomic E-state index is 6.68. The average molecular weight is 323 g/mol. The van der Waals surface area contributed by atoms with Crippen LogP contribution in [0, 0.1) is 11.8 Å². The molecule has 1 aliphatic rings. The minimum Gasteiger partial charge on any atom is -0.368 e. The van der Waals surface area contributed by atoms with E-state index in [1.165, 1.54) is 30.4 Å². The number of benzene rings is 2. The first-order valence-corrected chi connectivity index (χ1v) is 9.10. The molecule has 2 unspecified atom stereocenters. The molecule has 0 aliphatic heterocycles. The minimum atomic E-state index is -0.508. The van der Waals surface area contributed by atoms with Gasteiger partial charge in [0.05, 0.1) is 0 Å². The van der Waals surface area contributed by atoms with Gasteiger partial charge >= 0.3 is 0 Å². The summed E-state index contributed by atoms with van der Waals surface area (Å²) in [4.78, 5) is 0. The molecule has 0 spiro atoms. The van der Waals surface area contributed by atoms with Crippen molar-refractivity contribution in [3.05, 3.63) is 71.8 Å². The second kappa shape index (κ2) is 7.50. The molecule has 24 heavy (non-hydrogen) atoms. The summed E-state index contributed by atoms with van der Waals surface area (Å²) in [6.45, 7) is 2.24. The Labute approximate surface area is 146 Å². The molecule has 3 rings (SSSR count). The third-order valence-electron chi connectivity index (χ3n) is 5.84. The van der Waals surface area contributed by atoms with Crippen molar-refractivity contribution in [2.75, 3.05) is 7.11 Å². The van der Waals surface area contributed by atoms with E-state index in [2.05, 4.69) is 55.5 Å². The highest BCUT2D eigenvalue weighted by atomic mass is 16.5. The molecule has 0 saturated heterocycles. The molecular formula is C22H29NO. The summed E-state index contributed by atoms with van der Waals surface area (Å²) < 4.78 is 6.25. The van der Waals surface area contributed by atoms with Crippen molar-refractivity contribution in [2.24, 2.45) is 17.6 Å². The minimum absolute atomic E-state index is 0.121. The van der Waals surface area contributed by atoms with Gasteiger partial charge in [0.15, 0.2) is 0 Å². The van der Waals surface area contributed by atoms with Crippen LogP contribution in [0.4, 0.5) is 0 Å². The summed E-state index contributed by atoms with van der Waals surface area (Å²) in [6, 6.07) is 21.2. The molecule has 1 aliphatic carbocycles. The van der Waals surface area contributed by atoms with Crippen molar-refractivity contribution >= 4 is 0 Å². The fourth-order valence-electron chi connectivity index (χ4n) is 4.10. The first kappa shape index (κ1) is 17.2. The SMILES string of the molecule is COC(c1ccccc1)(c1ccccc1)C(C)C(N)CC1CCC1. The second-order valence-corrected chi connectivity index (χ2v) is 7.16. The van der Waals surface area contributed by atoms with Crippen molar-refractivity contribution in [1.82, 2.24) is 0 Å². The summed E-state index contributed by atoms with van der Waals surface area (Å²) >= 11 is 0. The molecule has 0 amide bonds. The van der Waals surface area contributed by atoms with Crippen LogP contribution in [-0.4, -0.2) is 13.2 Å². The monoisotopic (exact) mass is 323 g/mol. The molecule has 1 saturated carbocycles. The summed E-state index contributed by atoms with van der Waals surface area (Å²) in [5.74, 6) is 0.983. The van der Waals surface area contributed by atoms with Gasteiger partial charge in [-0.2, -0.15) is 0 Å². The van der Waals surface area contributed by atoms with Crippen molar-refractivity contribution in [2.45, 2.75) is 44.2 Å². The quantitative estimate of drug-likeness (QED) is 0.799. The molecule has 1 fully saturated rings. The molecule has 2 heteroatoms. The topological polar surface area (TPSA) is 35.2 Å². The molecule has 0 bridgehead atoms. The van der Waals surface area contributed by atoms with E-state index in [9.17, 15) is 0 Å². The Bertz CT molecular complexity index is 581. The van der Waals surface area contributed by atoms with E-state index in [1.54, 1.807) is 0 Å². The van der Waals surface area contributed by atoms with Crippen LogP contribution in [0.2, 0.25) is 0 Å². The van der Waals surface area contributed by atoms with Crippen molar-refractivity contribution in [3.63, 3.8) is 0 Å². The zero-order valence-corrected chi connectivity index (χ0v) is 14.8. The Balaban J connectivity index is 2.00. The zero-order chi connectivity index (χ0) is 17.0. The molecule has 2 nitrogen and oxygen atoms in total. The average Bonchev–Trinajstić information content (AvgIpc) is 2.61. The van der Waals surface area contributed by atoms with Gasteiger partial charge in [-0.1, -0.05) is 86.8 Å². The maximum atomic E-state index is 6.68. The summed E-state index contributed by atoms with van der Waals surface area (Å²) in [7, 11) is 1.81. The Hall–Kier alpha value is -1.64. The fourth-order valence-corrected chi connectivity index (χ4v) is 4.10.